The minimum atomic E-state index is -3.41. The van der Waals surface area contributed by atoms with Gasteiger partial charge < -0.3 is 5.32 Å². The lowest BCUT2D eigenvalue weighted by molar-refractivity contribution is -0.121. The highest BCUT2D eigenvalue weighted by atomic mass is 32.2. The highest BCUT2D eigenvalue weighted by Crippen LogP contribution is 2.21. The van der Waals surface area contributed by atoms with Crippen LogP contribution in [-0.4, -0.2) is 32.1 Å². The van der Waals surface area contributed by atoms with E-state index in [-0.39, 0.29) is 18.9 Å². The second-order valence-corrected chi connectivity index (χ2v) is 8.21. The quantitative estimate of drug-likeness (QED) is 0.769. The van der Waals surface area contributed by atoms with E-state index in [1.165, 1.54) is 10.6 Å². The summed E-state index contributed by atoms with van der Waals surface area (Å²) in [4.78, 5) is 16.1. The third kappa shape index (κ3) is 5.84. The summed E-state index contributed by atoms with van der Waals surface area (Å²) < 4.78 is 25.6. The smallest absolute Gasteiger partial charge is 0.232 e. The van der Waals surface area contributed by atoms with Crippen molar-refractivity contribution in [2.24, 2.45) is 0 Å². The lowest BCUT2D eigenvalue weighted by Gasteiger charge is -2.23. The number of rotatable bonds is 8. The summed E-state index contributed by atoms with van der Waals surface area (Å²) in [5.41, 5.74) is 3.55. The Balaban J connectivity index is 1.91. The summed E-state index contributed by atoms with van der Waals surface area (Å²) >= 11 is 0. The van der Waals surface area contributed by atoms with Crippen molar-refractivity contribution in [1.82, 2.24) is 10.3 Å². The number of hydrogen-bond acceptors (Lipinski definition) is 4. The first kappa shape index (κ1) is 19.9. The van der Waals surface area contributed by atoms with Gasteiger partial charge in [-0.3, -0.25) is 14.1 Å². The van der Waals surface area contributed by atoms with Crippen LogP contribution in [0, 0.1) is 13.8 Å². The Hall–Kier alpha value is -2.41. The molecule has 1 N–H and O–H groups in total. The van der Waals surface area contributed by atoms with E-state index in [1.54, 1.807) is 12.3 Å². The molecular weight excluding hydrogens is 350 g/mol. The van der Waals surface area contributed by atoms with Crippen molar-refractivity contribution in [2.75, 3.05) is 17.1 Å². The monoisotopic (exact) mass is 375 g/mol. The van der Waals surface area contributed by atoms with Crippen molar-refractivity contribution in [1.29, 1.82) is 0 Å². The van der Waals surface area contributed by atoms with E-state index in [1.807, 2.05) is 44.2 Å². The maximum atomic E-state index is 12.1. The van der Waals surface area contributed by atoms with E-state index < -0.39 is 10.0 Å². The summed E-state index contributed by atoms with van der Waals surface area (Å²) in [7, 11) is -3.41. The minimum absolute atomic E-state index is 0.121. The fraction of sp³-hybridized carbons (Fsp3) is 0.368. The third-order valence-corrected chi connectivity index (χ3v) is 5.33. The Labute approximate surface area is 155 Å². The molecule has 0 aliphatic carbocycles. The SMILES string of the molecule is Cc1ccc(N(CCCC(=O)NCc2ccccn2)S(C)(=O)=O)cc1C. The Morgan fingerprint density at radius 1 is 1.15 bits per heavy atom. The van der Waals surface area contributed by atoms with Gasteiger partial charge in [-0.05, 0) is 55.7 Å². The zero-order chi connectivity index (χ0) is 19.2. The Morgan fingerprint density at radius 3 is 2.54 bits per heavy atom. The van der Waals surface area contributed by atoms with Gasteiger partial charge in [0.2, 0.25) is 15.9 Å². The summed E-state index contributed by atoms with van der Waals surface area (Å²) in [6.07, 6.45) is 3.55. The van der Waals surface area contributed by atoms with Gasteiger partial charge in [0.25, 0.3) is 0 Å². The summed E-state index contributed by atoms with van der Waals surface area (Å²) in [6, 6.07) is 11.1. The van der Waals surface area contributed by atoms with E-state index in [0.29, 0.717) is 18.7 Å². The van der Waals surface area contributed by atoms with Crippen molar-refractivity contribution >= 4 is 21.6 Å². The van der Waals surface area contributed by atoms with Gasteiger partial charge in [-0.25, -0.2) is 8.42 Å². The molecule has 0 fully saturated rings. The second kappa shape index (κ2) is 8.80. The van der Waals surface area contributed by atoms with Crippen LogP contribution in [0.1, 0.15) is 29.7 Å². The van der Waals surface area contributed by atoms with Crippen LogP contribution in [0.3, 0.4) is 0 Å². The molecule has 0 bridgehead atoms. The molecule has 6 nitrogen and oxygen atoms in total. The average molecular weight is 375 g/mol. The normalized spacial score (nSPS) is 11.2. The number of carbonyl (C=O) groups excluding carboxylic acids is 1. The molecule has 0 saturated heterocycles. The first-order chi connectivity index (χ1) is 12.3. The van der Waals surface area contributed by atoms with Crippen LogP contribution >= 0.6 is 0 Å². The molecule has 1 aromatic carbocycles. The van der Waals surface area contributed by atoms with Gasteiger partial charge in [-0.15, -0.1) is 0 Å². The molecule has 26 heavy (non-hydrogen) atoms. The average Bonchev–Trinajstić information content (AvgIpc) is 2.59. The zero-order valence-corrected chi connectivity index (χ0v) is 16.2. The molecule has 2 aromatic rings. The molecule has 0 atom stereocenters. The highest BCUT2D eigenvalue weighted by molar-refractivity contribution is 7.92. The van der Waals surface area contributed by atoms with Crippen LogP contribution in [0.15, 0.2) is 42.6 Å². The molecule has 140 valence electrons. The number of nitrogens with zero attached hydrogens (tertiary/aromatic N) is 2. The molecule has 0 spiro atoms. The van der Waals surface area contributed by atoms with E-state index in [4.69, 9.17) is 0 Å². The lowest BCUT2D eigenvalue weighted by Crippen LogP contribution is -2.32. The predicted molar refractivity (Wildman–Crippen MR) is 103 cm³/mol. The van der Waals surface area contributed by atoms with Gasteiger partial charge in [0.05, 0.1) is 24.2 Å². The van der Waals surface area contributed by atoms with Crippen LogP contribution in [0.4, 0.5) is 5.69 Å². The van der Waals surface area contributed by atoms with E-state index in [2.05, 4.69) is 10.3 Å². The number of nitrogens with one attached hydrogen (secondary N) is 1. The van der Waals surface area contributed by atoms with Crippen molar-refractivity contribution in [3.05, 3.63) is 59.4 Å². The van der Waals surface area contributed by atoms with E-state index in [0.717, 1.165) is 16.8 Å². The van der Waals surface area contributed by atoms with Gasteiger partial charge in [0.1, 0.15) is 0 Å². The molecule has 1 heterocycles. The number of benzene rings is 1. The van der Waals surface area contributed by atoms with E-state index >= 15 is 0 Å². The van der Waals surface area contributed by atoms with Gasteiger partial charge in [-0.2, -0.15) is 0 Å². The van der Waals surface area contributed by atoms with Gasteiger partial charge in [-0.1, -0.05) is 12.1 Å². The Morgan fingerprint density at radius 2 is 1.92 bits per heavy atom. The molecule has 7 heteroatoms. The number of sulfonamides is 1. The predicted octanol–water partition coefficient (Wildman–Crippen LogP) is 2.56. The van der Waals surface area contributed by atoms with Crippen molar-refractivity contribution in [3.63, 3.8) is 0 Å². The minimum Gasteiger partial charge on any atom is -0.350 e. The van der Waals surface area contributed by atoms with Gasteiger partial charge in [0, 0.05) is 19.2 Å². The summed E-state index contributed by atoms with van der Waals surface area (Å²) in [5, 5.41) is 2.80. The Kier molecular flexibility index (Phi) is 6.74. The first-order valence-corrected chi connectivity index (χ1v) is 10.3. The highest BCUT2D eigenvalue weighted by Gasteiger charge is 2.18. The molecule has 0 unspecified atom stereocenters. The Bertz CT molecular complexity index is 852. The molecule has 1 amide bonds. The first-order valence-electron chi connectivity index (χ1n) is 8.49. The maximum Gasteiger partial charge on any atom is 0.232 e. The van der Waals surface area contributed by atoms with Gasteiger partial charge >= 0.3 is 0 Å². The maximum absolute atomic E-state index is 12.1. The number of anilines is 1. The molecule has 1 aromatic heterocycles. The number of aryl methyl sites for hydroxylation is 2. The van der Waals surface area contributed by atoms with Crippen molar-refractivity contribution in [3.8, 4) is 0 Å². The second-order valence-electron chi connectivity index (χ2n) is 6.31. The van der Waals surface area contributed by atoms with Crippen LogP contribution in [0.2, 0.25) is 0 Å². The zero-order valence-electron chi connectivity index (χ0n) is 15.4. The number of pyridine rings is 1. The van der Waals surface area contributed by atoms with Crippen LogP contribution in [0.5, 0.6) is 0 Å². The number of carbonyl (C=O) groups is 1. The molecule has 0 saturated carbocycles. The van der Waals surface area contributed by atoms with Crippen LogP contribution < -0.4 is 9.62 Å². The number of aromatic nitrogens is 1. The topological polar surface area (TPSA) is 79.4 Å². The van der Waals surface area contributed by atoms with Crippen molar-refractivity contribution < 1.29 is 13.2 Å². The number of amides is 1. The molecule has 0 aliphatic heterocycles. The molecular formula is C19H25N3O3S. The van der Waals surface area contributed by atoms with Crippen molar-refractivity contribution in [2.45, 2.75) is 33.2 Å². The molecule has 0 aliphatic rings. The molecule has 2 rings (SSSR count). The molecule has 0 radical (unpaired) electrons. The lowest BCUT2D eigenvalue weighted by atomic mass is 10.1. The summed E-state index contributed by atoms with van der Waals surface area (Å²) in [5.74, 6) is -0.121. The largest absolute Gasteiger partial charge is 0.350 e. The van der Waals surface area contributed by atoms with Crippen LogP contribution in [-0.2, 0) is 21.4 Å². The van der Waals surface area contributed by atoms with Gasteiger partial charge in [0.15, 0.2) is 0 Å². The standard InChI is InChI=1S/C19H25N3O3S/c1-15-9-10-18(13-16(15)2)22(26(3,24)25)12-6-8-19(23)21-14-17-7-4-5-11-20-17/h4-5,7,9-11,13H,6,8,12,14H2,1-3H3,(H,21,23). The number of hydrogen-bond donors (Lipinski definition) is 1. The fourth-order valence-electron chi connectivity index (χ4n) is 2.53. The summed E-state index contributed by atoms with van der Waals surface area (Å²) in [6.45, 7) is 4.56. The third-order valence-electron chi connectivity index (χ3n) is 4.14. The fourth-order valence-corrected chi connectivity index (χ4v) is 3.49. The van der Waals surface area contributed by atoms with Crippen LogP contribution in [0.25, 0.3) is 0 Å². The van der Waals surface area contributed by atoms with E-state index in [9.17, 15) is 13.2 Å².